The van der Waals surface area contributed by atoms with Crippen molar-refractivity contribution in [3.05, 3.63) is 42.0 Å². The number of carboxylic acids is 1. The highest BCUT2D eigenvalue weighted by Crippen LogP contribution is 2.26. The molecule has 2 amide bonds. The second kappa shape index (κ2) is 9.82. The topological polar surface area (TPSA) is 146 Å². The lowest BCUT2D eigenvalue weighted by molar-refractivity contribution is -0.142. The number of carbonyl (C=O) groups is 3. The molecular formula is C22H29N5O5. The van der Waals surface area contributed by atoms with Gasteiger partial charge in [-0.25, -0.2) is 9.78 Å². The van der Waals surface area contributed by atoms with E-state index in [1.807, 2.05) is 13.8 Å². The molecular weight excluding hydrogens is 414 g/mol. The van der Waals surface area contributed by atoms with Gasteiger partial charge in [0.25, 0.3) is 0 Å². The number of carboxylic acid groups (broad SMARTS) is 1. The highest BCUT2D eigenvalue weighted by molar-refractivity contribution is 5.92. The molecule has 1 aliphatic rings. The predicted octanol–water partition coefficient (Wildman–Crippen LogP) is 0.365. The first-order valence-corrected chi connectivity index (χ1v) is 10.5. The third-order valence-electron chi connectivity index (χ3n) is 5.49. The Balaban J connectivity index is 2.09. The number of nitrogens with one attached hydrogen (secondary N) is 3. The number of hydrogen-bond acceptors (Lipinski definition) is 6. The van der Waals surface area contributed by atoms with Crippen LogP contribution in [0.5, 0.6) is 5.75 Å². The lowest BCUT2D eigenvalue weighted by atomic mass is 10.00. The van der Waals surface area contributed by atoms with Crippen molar-refractivity contribution < 1.29 is 24.6 Å². The molecule has 0 saturated carbocycles. The van der Waals surface area contributed by atoms with E-state index in [0.29, 0.717) is 24.2 Å². The van der Waals surface area contributed by atoms with Crippen molar-refractivity contribution in [1.82, 2.24) is 25.5 Å². The van der Waals surface area contributed by atoms with Crippen LogP contribution in [0.2, 0.25) is 0 Å². The van der Waals surface area contributed by atoms with Crippen LogP contribution in [0.15, 0.2) is 30.7 Å². The molecule has 3 rings (SSSR count). The number of fused-ring (bicyclic) bond motifs is 4. The van der Waals surface area contributed by atoms with E-state index in [9.17, 15) is 24.6 Å². The number of carbonyl (C=O) groups excluding carboxylic acids is 2. The number of phenolic OH excluding ortho intramolecular Hbond substituents is 1. The maximum Gasteiger partial charge on any atom is 0.326 e. The van der Waals surface area contributed by atoms with Crippen molar-refractivity contribution in [1.29, 1.82) is 0 Å². The Hall–Kier alpha value is -3.40. The molecule has 1 aromatic carbocycles. The van der Waals surface area contributed by atoms with Crippen LogP contribution in [0.3, 0.4) is 0 Å². The first kappa shape index (κ1) is 23.3. The van der Waals surface area contributed by atoms with Crippen molar-refractivity contribution in [2.75, 3.05) is 7.05 Å². The molecule has 0 aliphatic carbocycles. The van der Waals surface area contributed by atoms with Gasteiger partial charge in [-0.3, -0.25) is 14.2 Å². The summed E-state index contributed by atoms with van der Waals surface area (Å²) in [5, 5.41) is 28.4. The second-order valence-corrected chi connectivity index (χ2v) is 8.42. The molecule has 1 aromatic heterocycles. The standard InChI is InChI=1S/C22H29N5O5/c1-12(2)6-16-21(30)26-17(22(31)32)9-14-10-24-11-27(14)18-8-13(4-5-19(18)28)7-15(23-3)20(29)25-16/h4-5,8,10-12,15-17,23,28H,6-7,9H2,1-3H3,(H,25,29)(H,26,30)(H,31,32)/t15-,16-,17-/m0/s1. The van der Waals surface area contributed by atoms with E-state index in [0.717, 1.165) is 5.56 Å². The van der Waals surface area contributed by atoms with Gasteiger partial charge in [0.05, 0.1) is 18.1 Å². The smallest absolute Gasteiger partial charge is 0.326 e. The van der Waals surface area contributed by atoms with Crippen molar-refractivity contribution >= 4 is 17.8 Å². The number of amides is 2. The van der Waals surface area contributed by atoms with Gasteiger partial charge < -0.3 is 26.2 Å². The third-order valence-corrected chi connectivity index (χ3v) is 5.49. The van der Waals surface area contributed by atoms with Gasteiger partial charge in [0.1, 0.15) is 17.8 Å². The summed E-state index contributed by atoms with van der Waals surface area (Å²) in [4.78, 5) is 41.9. The first-order valence-electron chi connectivity index (χ1n) is 10.5. The molecule has 0 spiro atoms. The number of aromatic hydroxyl groups is 1. The van der Waals surface area contributed by atoms with Gasteiger partial charge in [-0.1, -0.05) is 19.9 Å². The molecule has 1 aliphatic heterocycles. The first-order chi connectivity index (χ1) is 15.2. The fraction of sp³-hybridized carbons (Fsp3) is 0.455. The molecule has 172 valence electrons. The minimum Gasteiger partial charge on any atom is -0.506 e. The number of hydrogen-bond donors (Lipinski definition) is 5. The van der Waals surface area contributed by atoms with Crippen LogP contribution >= 0.6 is 0 Å². The molecule has 0 radical (unpaired) electrons. The van der Waals surface area contributed by atoms with Crippen LogP contribution < -0.4 is 16.0 Å². The lowest BCUT2D eigenvalue weighted by Crippen LogP contribution is -2.56. The summed E-state index contributed by atoms with van der Waals surface area (Å²) in [6.07, 6.45) is 3.62. The van der Waals surface area contributed by atoms with Gasteiger partial charge in [-0.2, -0.15) is 0 Å². The highest BCUT2D eigenvalue weighted by atomic mass is 16.4. The fourth-order valence-corrected chi connectivity index (χ4v) is 3.80. The second-order valence-electron chi connectivity index (χ2n) is 8.42. The van der Waals surface area contributed by atoms with Gasteiger partial charge in [-0.15, -0.1) is 0 Å². The molecule has 5 N–H and O–H groups in total. The monoisotopic (exact) mass is 443 g/mol. The van der Waals surface area contributed by atoms with Gasteiger partial charge in [0.2, 0.25) is 11.8 Å². The number of likely N-dealkylation sites (N-methyl/N-ethyl adjacent to an activating group) is 1. The Morgan fingerprint density at radius 3 is 2.66 bits per heavy atom. The molecule has 10 nitrogen and oxygen atoms in total. The van der Waals surface area contributed by atoms with Crippen LogP contribution in [-0.4, -0.2) is 62.7 Å². The predicted molar refractivity (Wildman–Crippen MR) is 116 cm³/mol. The molecule has 2 heterocycles. The van der Waals surface area contributed by atoms with E-state index in [1.54, 1.807) is 23.7 Å². The van der Waals surface area contributed by atoms with Crippen molar-refractivity contribution in [2.45, 2.75) is 51.2 Å². The maximum atomic E-state index is 13.0. The number of imidazole rings is 1. The van der Waals surface area contributed by atoms with Crippen molar-refractivity contribution in [2.24, 2.45) is 5.92 Å². The molecule has 3 atom stereocenters. The normalized spacial score (nSPS) is 21.9. The number of benzene rings is 1. The summed E-state index contributed by atoms with van der Waals surface area (Å²) < 4.78 is 1.59. The van der Waals surface area contributed by atoms with E-state index >= 15 is 0 Å². The molecule has 0 fully saturated rings. The van der Waals surface area contributed by atoms with E-state index in [4.69, 9.17) is 0 Å². The molecule has 32 heavy (non-hydrogen) atoms. The zero-order chi connectivity index (χ0) is 23.4. The third kappa shape index (κ3) is 5.25. The van der Waals surface area contributed by atoms with Gasteiger partial charge in [0.15, 0.2) is 0 Å². The Bertz CT molecular complexity index is 1000. The number of aliphatic carboxylic acids is 1. The van der Waals surface area contributed by atoms with Gasteiger partial charge in [0, 0.05) is 18.3 Å². The fourth-order valence-electron chi connectivity index (χ4n) is 3.80. The number of phenols is 1. The summed E-state index contributed by atoms with van der Waals surface area (Å²) >= 11 is 0. The molecule has 10 heteroatoms. The summed E-state index contributed by atoms with van der Waals surface area (Å²) in [7, 11) is 1.65. The van der Waals surface area contributed by atoms with Gasteiger partial charge in [-0.05, 0) is 43.5 Å². The Labute approximate surface area is 186 Å². The molecule has 0 saturated heterocycles. The average Bonchev–Trinajstić information content (AvgIpc) is 3.18. The largest absolute Gasteiger partial charge is 0.506 e. The quantitative estimate of drug-likeness (QED) is 0.459. The Morgan fingerprint density at radius 2 is 2.00 bits per heavy atom. The van der Waals surface area contributed by atoms with E-state index < -0.39 is 30.0 Å². The van der Waals surface area contributed by atoms with Crippen molar-refractivity contribution in [3.8, 4) is 11.4 Å². The molecule has 2 aromatic rings. The highest BCUT2D eigenvalue weighted by Gasteiger charge is 2.30. The lowest BCUT2D eigenvalue weighted by Gasteiger charge is -2.26. The summed E-state index contributed by atoms with van der Waals surface area (Å²) in [5.41, 5.74) is 1.70. The number of rotatable bonds is 4. The van der Waals surface area contributed by atoms with Gasteiger partial charge >= 0.3 is 5.97 Å². The zero-order valence-electron chi connectivity index (χ0n) is 18.3. The molecule has 0 unspecified atom stereocenters. The Morgan fingerprint density at radius 1 is 1.25 bits per heavy atom. The van der Waals surface area contributed by atoms with E-state index in [1.165, 1.54) is 18.6 Å². The van der Waals surface area contributed by atoms with Crippen molar-refractivity contribution in [3.63, 3.8) is 0 Å². The zero-order valence-corrected chi connectivity index (χ0v) is 18.3. The molecule has 2 bridgehead atoms. The van der Waals surface area contributed by atoms with Crippen LogP contribution in [0.25, 0.3) is 5.69 Å². The Kier molecular flexibility index (Phi) is 7.14. The number of nitrogens with zero attached hydrogens (tertiary/aromatic N) is 2. The maximum absolute atomic E-state index is 13.0. The van der Waals surface area contributed by atoms with Crippen LogP contribution in [0, 0.1) is 5.92 Å². The average molecular weight is 444 g/mol. The van der Waals surface area contributed by atoms with Crippen LogP contribution in [0.1, 0.15) is 31.5 Å². The van der Waals surface area contributed by atoms with Crippen LogP contribution in [0.4, 0.5) is 0 Å². The van der Waals surface area contributed by atoms with Crippen LogP contribution in [-0.2, 0) is 27.2 Å². The minimum atomic E-state index is -1.24. The summed E-state index contributed by atoms with van der Waals surface area (Å²) in [6.45, 7) is 3.84. The summed E-state index contributed by atoms with van der Waals surface area (Å²) in [5.74, 6) is -2.05. The summed E-state index contributed by atoms with van der Waals surface area (Å²) in [6, 6.07) is 2.25. The SMILES string of the molecule is CN[C@H]1Cc2ccc(O)c(c2)-n2cncc2C[C@@H](C(=O)O)NC(=O)[C@H](CC(C)C)NC1=O. The minimum absolute atomic E-state index is 0.0153. The van der Waals surface area contributed by atoms with E-state index in [2.05, 4.69) is 20.9 Å². The van der Waals surface area contributed by atoms with E-state index in [-0.39, 0.29) is 24.0 Å². The number of aromatic nitrogens is 2.